The number of carbonyl (C=O) groups is 2. The average molecular weight is 1060 g/mol. The second kappa shape index (κ2) is 37.6. The molecule has 1 fully saturated rings. The number of carbonyl (C=O) groups excluding carboxylic acids is 2. The molecule has 22 heteroatoms. The molecule has 0 saturated carbocycles. The highest BCUT2D eigenvalue weighted by Gasteiger charge is 2.46. The van der Waals surface area contributed by atoms with E-state index >= 15 is 0 Å². The first-order chi connectivity index (χ1) is 34.5. The molecule has 1 aliphatic rings. The maximum Gasteiger partial charge on any atom is 0.481 e. The first-order valence-corrected chi connectivity index (χ1v) is 27.8. The fraction of sp³-hybridized carbons (Fsp3) is 0.600. The van der Waals surface area contributed by atoms with Crippen LogP contribution in [-0.2, 0) is 46.3 Å². The highest BCUT2D eigenvalue weighted by Crippen LogP contribution is 2.60. The van der Waals surface area contributed by atoms with Crippen molar-refractivity contribution in [2.75, 3.05) is 25.6 Å². The Bertz CT molecular complexity index is 2070. The van der Waals surface area contributed by atoms with E-state index < -0.39 is 95.9 Å². The van der Waals surface area contributed by atoms with Crippen LogP contribution in [-0.4, -0.2) is 108 Å². The maximum atomic E-state index is 12.9. The van der Waals surface area contributed by atoms with Crippen molar-refractivity contribution in [1.82, 2.24) is 9.55 Å². The van der Waals surface area contributed by atoms with Crippen LogP contribution in [0.15, 0.2) is 102 Å². The lowest BCUT2D eigenvalue weighted by atomic mass is 10.1. The summed E-state index contributed by atoms with van der Waals surface area (Å²) in [4.78, 5) is 61.9. The number of allylic oxidation sites excluding steroid dienone is 12. The number of nitrogens with zero attached hydrogens (tertiary/aromatic N) is 2. The number of nitrogen functional groups attached to an aromatic ring is 1. The fourth-order valence-electron chi connectivity index (χ4n) is 6.78. The van der Waals surface area contributed by atoms with Crippen LogP contribution < -0.4 is 11.4 Å². The van der Waals surface area contributed by atoms with Crippen molar-refractivity contribution in [3.05, 3.63) is 108 Å². The number of hydrogen-bond acceptors (Lipinski definition) is 17. The first-order valence-electron chi connectivity index (χ1n) is 24.8. The van der Waals surface area contributed by atoms with Crippen LogP contribution in [0.3, 0.4) is 0 Å². The number of nitrogens with two attached hydrogens (primary N) is 1. The fourth-order valence-corrected chi connectivity index (χ4v) is 8.89. The minimum atomic E-state index is -5.48. The van der Waals surface area contributed by atoms with Gasteiger partial charge < -0.3 is 50.2 Å². The topological polar surface area (TPSA) is 306 Å². The number of unbranched alkanes of at least 4 members (excludes halogenated alkanes) is 7. The van der Waals surface area contributed by atoms with E-state index in [1.54, 1.807) is 24.3 Å². The van der Waals surface area contributed by atoms with Gasteiger partial charge in [0.15, 0.2) is 12.3 Å². The van der Waals surface area contributed by atoms with Crippen molar-refractivity contribution in [2.24, 2.45) is 0 Å². The van der Waals surface area contributed by atoms with Gasteiger partial charge in [-0.15, -0.1) is 0 Å². The Kier molecular flexibility index (Phi) is 33.4. The summed E-state index contributed by atoms with van der Waals surface area (Å²) in [5.74, 6) is -1.57. The zero-order chi connectivity index (χ0) is 53.0. The van der Waals surface area contributed by atoms with Gasteiger partial charge >= 0.3 is 33.3 Å². The summed E-state index contributed by atoms with van der Waals surface area (Å²) in [6, 6.07) is 1.23. The SMILES string of the molecule is CC/C=C\C/C=C\C/C=C\CCCCCCCC(=O)O[C@H](COC(=O)CCC[C@@H](O)/C=C/C=C\C/C=C\C=C\[C@@H](O)CCCCC)COP(=O)(O)OP(=O)(O)OC[C@H]1O[C@@H](n2ccc(N)nc2=O)[C@H](O)[C@@H]1O. The Balaban J connectivity index is 1.88. The summed E-state index contributed by atoms with van der Waals surface area (Å²) in [6.07, 6.45) is 31.6. The van der Waals surface area contributed by atoms with Gasteiger partial charge in [0.25, 0.3) is 0 Å². The molecule has 406 valence electrons. The van der Waals surface area contributed by atoms with Crippen LogP contribution in [0.25, 0.3) is 0 Å². The van der Waals surface area contributed by atoms with Gasteiger partial charge in [0.05, 0.1) is 25.4 Å². The Morgan fingerprint density at radius 2 is 1.35 bits per heavy atom. The molecule has 72 heavy (non-hydrogen) atoms. The van der Waals surface area contributed by atoms with Crippen LogP contribution in [0, 0.1) is 0 Å². The molecular formula is C50H79N3O17P2. The molecule has 1 saturated heterocycles. The second-order valence-electron chi connectivity index (χ2n) is 17.0. The molecule has 1 aromatic heterocycles. The Morgan fingerprint density at radius 1 is 0.750 bits per heavy atom. The molecule has 0 aromatic carbocycles. The summed E-state index contributed by atoms with van der Waals surface area (Å²) in [6.45, 7) is 1.68. The Morgan fingerprint density at radius 3 is 2.01 bits per heavy atom. The van der Waals surface area contributed by atoms with E-state index in [-0.39, 0.29) is 31.5 Å². The predicted molar refractivity (Wildman–Crippen MR) is 273 cm³/mol. The third-order valence-electron chi connectivity index (χ3n) is 10.7. The largest absolute Gasteiger partial charge is 0.481 e. The van der Waals surface area contributed by atoms with Crippen LogP contribution >= 0.6 is 15.6 Å². The molecule has 1 aliphatic heterocycles. The lowest BCUT2D eigenvalue weighted by molar-refractivity contribution is -0.161. The van der Waals surface area contributed by atoms with Crippen LogP contribution in [0.4, 0.5) is 5.82 Å². The maximum absolute atomic E-state index is 12.9. The van der Waals surface area contributed by atoms with Gasteiger partial charge in [0.1, 0.15) is 30.7 Å². The van der Waals surface area contributed by atoms with E-state index in [0.29, 0.717) is 12.8 Å². The van der Waals surface area contributed by atoms with Crippen molar-refractivity contribution >= 4 is 33.4 Å². The van der Waals surface area contributed by atoms with Gasteiger partial charge in [0, 0.05) is 19.0 Å². The minimum Gasteiger partial charge on any atom is -0.462 e. The third-order valence-corrected chi connectivity index (χ3v) is 13.3. The molecule has 20 nitrogen and oxygen atoms in total. The number of hydrogen-bond donors (Lipinski definition) is 7. The van der Waals surface area contributed by atoms with E-state index in [9.17, 15) is 53.7 Å². The van der Waals surface area contributed by atoms with Gasteiger partial charge in [-0.25, -0.2) is 13.9 Å². The first kappa shape index (κ1) is 64.0. The third kappa shape index (κ3) is 30.2. The second-order valence-corrected chi connectivity index (χ2v) is 20.0. The number of aliphatic hydroxyl groups excluding tert-OH is 4. The van der Waals surface area contributed by atoms with Crippen LogP contribution in [0.5, 0.6) is 0 Å². The summed E-state index contributed by atoms with van der Waals surface area (Å²) >= 11 is 0. The van der Waals surface area contributed by atoms with E-state index in [0.717, 1.165) is 87.8 Å². The van der Waals surface area contributed by atoms with Gasteiger partial charge in [-0.05, 0) is 70.3 Å². The molecule has 2 unspecified atom stereocenters. The number of aliphatic hydroxyl groups is 4. The molecule has 2 heterocycles. The molecule has 0 spiro atoms. The zero-order valence-electron chi connectivity index (χ0n) is 41.7. The van der Waals surface area contributed by atoms with E-state index in [1.165, 1.54) is 6.07 Å². The number of anilines is 1. The standard InChI is InChI=1S/C50H79N3O17P2/c1-3-5-7-8-9-10-11-12-13-14-15-16-20-23-27-33-46(57)68-42(37-65-45(56)34-28-32-41(55)31-26-22-19-17-18-21-25-30-40(54)29-24-6-4-2)38-66-71(61,62)70-72(63,64)67-39-43-47(58)48(59)49(69-43)53-36-35-44(51)52-50(53)60/h5,7,9-10,12-13,18-19,21-22,25-26,30-31,35-36,40-43,47-49,54-55,58-59H,3-4,6,8,11,14-17,20,23-24,27-29,32-34,37-39H2,1-2H3,(H,61,62)(H,63,64)(H2,51,52,60)/b7-5-,10-9-,13-12-,21-18-,22-19-,30-25+,31-26+/t40-,41-,42+,43+,47+,48+,49+/m0/s1. The zero-order valence-corrected chi connectivity index (χ0v) is 43.5. The molecule has 8 N–H and O–H groups in total. The lowest BCUT2D eigenvalue weighted by Crippen LogP contribution is -2.36. The molecule has 0 amide bonds. The van der Waals surface area contributed by atoms with Crippen molar-refractivity contribution in [3.8, 4) is 0 Å². The highest BCUT2D eigenvalue weighted by molar-refractivity contribution is 7.61. The van der Waals surface area contributed by atoms with Gasteiger partial charge in [-0.3, -0.25) is 23.2 Å². The number of phosphoric acid groups is 2. The summed E-state index contributed by atoms with van der Waals surface area (Å²) in [7, 11) is -11.0. The minimum absolute atomic E-state index is 0.0237. The lowest BCUT2D eigenvalue weighted by Gasteiger charge is -2.21. The van der Waals surface area contributed by atoms with Crippen molar-refractivity contribution < 1.29 is 76.5 Å². The summed E-state index contributed by atoms with van der Waals surface area (Å²) in [5.41, 5.74) is 4.56. The van der Waals surface area contributed by atoms with Crippen LogP contribution in [0.2, 0.25) is 0 Å². The van der Waals surface area contributed by atoms with E-state index in [4.69, 9.17) is 29.0 Å². The van der Waals surface area contributed by atoms with Crippen LogP contribution in [0.1, 0.15) is 136 Å². The van der Waals surface area contributed by atoms with E-state index in [2.05, 4.69) is 59.6 Å². The molecule has 0 radical (unpaired) electrons. The molecule has 0 bridgehead atoms. The number of aromatic nitrogens is 2. The molecule has 2 rings (SSSR count). The smallest absolute Gasteiger partial charge is 0.462 e. The Hall–Kier alpha value is -4.14. The molecule has 0 aliphatic carbocycles. The summed E-state index contributed by atoms with van der Waals surface area (Å²) < 4.78 is 56.5. The van der Waals surface area contributed by atoms with E-state index in [1.807, 2.05) is 24.3 Å². The Labute approximate surface area is 423 Å². The average Bonchev–Trinajstić information content (AvgIpc) is 3.60. The monoisotopic (exact) mass is 1060 g/mol. The number of rotatable bonds is 39. The van der Waals surface area contributed by atoms with Gasteiger partial charge in [-0.2, -0.15) is 9.29 Å². The normalized spacial score (nSPS) is 20.7. The number of ether oxygens (including phenoxy) is 3. The predicted octanol–water partition coefficient (Wildman–Crippen LogP) is 7.83. The molecular weight excluding hydrogens is 977 g/mol. The number of esters is 2. The molecule has 9 atom stereocenters. The number of phosphoric ester groups is 2. The van der Waals surface area contributed by atoms with Crippen molar-refractivity contribution in [2.45, 2.75) is 172 Å². The molecule has 1 aromatic rings. The van der Waals surface area contributed by atoms with Gasteiger partial charge in [0.2, 0.25) is 0 Å². The van der Waals surface area contributed by atoms with Crippen molar-refractivity contribution in [1.29, 1.82) is 0 Å². The van der Waals surface area contributed by atoms with Crippen molar-refractivity contribution in [3.63, 3.8) is 0 Å². The van der Waals surface area contributed by atoms with Gasteiger partial charge in [-0.1, -0.05) is 137 Å². The highest BCUT2D eigenvalue weighted by atomic mass is 31.3. The summed E-state index contributed by atoms with van der Waals surface area (Å²) in [5, 5.41) is 41.2. The quantitative estimate of drug-likeness (QED) is 0.0109.